The van der Waals surface area contributed by atoms with Gasteiger partial charge in [0.05, 0.1) is 30.8 Å². The molecule has 3 rings (SSSR count). The molecule has 9 heteroatoms. The lowest BCUT2D eigenvalue weighted by molar-refractivity contribution is 0.100. The van der Waals surface area contributed by atoms with Crippen LogP contribution in [0.15, 0.2) is 41.5 Å². The van der Waals surface area contributed by atoms with Gasteiger partial charge in [-0.25, -0.2) is 4.98 Å². The van der Waals surface area contributed by atoms with Crippen molar-refractivity contribution < 1.29 is 14.3 Å². The average Bonchev–Trinajstić information content (AvgIpc) is 2.75. The van der Waals surface area contributed by atoms with E-state index in [2.05, 4.69) is 25.7 Å². The fourth-order valence-electron chi connectivity index (χ4n) is 2.83. The van der Waals surface area contributed by atoms with Gasteiger partial charge in [0.2, 0.25) is 11.8 Å². The minimum absolute atomic E-state index is 0.415. The Labute approximate surface area is 169 Å². The number of ether oxygens (including phenoxy) is 2. The van der Waals surface area contributed by atoms with E-state index in [0.29, 0.717) is 42.6 Å². The zero-order chi connectivity index (χ0) is 20.5. The number of benzene rings is 1. The number of hydrogen-bond acceptors (Lipinski definition) is 8. The summed E-state index contributed by atoms with van der Waals surface area (Å²) >= 11 is 0. The van der Waals surface area contributed by atoms with Crippen molar-refractivity contribution in [3.63, 3.8) is 0 Å². The molecule has 1 aliphatic rings. The van der Waals surface area contributed by atoms with Crippen LogP contribution in [0.4, 0.5) is 11.4 Å². The summed E-state index contributed by atoms with van der Waals surface area (Å²) < 4.78 is 11.2. The Morgan fingerprint density at radius 1 is 1.34 bits per heavy atom. The first kappa shape index (κ1) is 20.6. The molecule has 1 aromatic carbocycles. The Bertz CT molecular complexity index is 852. The summed E-state index contributed by atoms with van der Waals surface area (Å²) in [6.07, 6.45) is 1.62. The fraction of sp³-hybridized carbons (Fsp3) is 0.350. The van der Waals surface area contributed by atoms with Gasteiger partial charge in [0.15, 0.2) is 0 Å². The smallest absolute Gasteiger partial charge is 0.248 e. The molecule has 1 saturated heterocycles. The summed E-state index contributed by atoms with van der Waals surface area (Å²) in [5.74, 6) is 0.0577. The monoisotopic (exact) mass is 398 g/mol. The van der Waals surface area contributed by atoms with Crippen LogP contribution in [-0.4, -0.2) is 63.6 Å². The van der Waals surface area contributed by atoms with E-state index in [4.69, 9.17) is 15.2 Å². The van der Waals surface area contributed by atoms with Crippen LogP contribution in [0.1, 0.15) is 16.1 Å². The Morgan fingerprint density at radius 2 is 2.17 bits per heavy atom. The van der Waals surface area contributed by atoms with Gasteiger partial charge in [0, 0.05) is 37.0 Å². The van der Waals surface area contributed by atoms with Crippen LogP contribution in [0.2, 0.25) is 0 Å². The third-order valence-corrected chi connectivity index (χ3v) is 4.32. The minimum atomic E-state index is -0.485. The number of likely N-dealkylation sites (N-methyl/N-ethyl adjacent to an activating group) is 1. The second-order valence-corrected chi connectivity index (χ2v) is 6.45. The van der Waals surface area contributed by atoms with Gasteiger partial charge in [-0.1, -0.05) is 6.07 Å². The van der Waals surface area contributed by atoms with E-state index >= 15 is 0 Å². The van der Waals surface area contributed by atoms with Crippen LogP contribution in [0.25, 0.3) is 0 Å². The molecule has 29 heavy (non-hydrogen) atoms. The largest absolute Gasteiger partial charge is 0.476 e. The predicted molar refractivity (Wildman–Crippen MR) is 113 cm³/mol. The molecular weight excluding hydrogens is 372 g/mol. The first-order valence-corrected chi connectivity index (χ1v) is 9.47. The maximum Gasteiger partial charge on any atom is 0.248 e. The summed E-state index contributed by atoms with van der Waals surface area (Å²) in [7, 11) is 1.87. The highest BCUT2D eigenvalue weighted by Crippen LogP contribution is 2.22. The average molecular weight is 398 g/mol. The lowest BCUT2D eigenvalue weighted by atomic mass is 10.2. The van der Waals surface area contributed by atoms with E-state index in [9.17, 15) is 4.79 Å². The molecule has 4 N–H and O–H groups in total. The van der Waals surface area contributed by atoms with Crippen molar-refractivity contribution in [2.24, 2.45) is 10.8 Å². The van der Waals surface area contributed by atoms with Crippen molar-refractivity contribution in [2.45, 2.75) is 0 Å². The van der Waals surface area contributed by atoms with Crippen LogP contribution in [0, 0.1) is 0 Å². The topological polar surface area (TPSA) is 114 Å². The Kier molecular flexibility index (Phi) is 7.37. The second-order valence-electron chi connectivity index (χ2n) is 6.45. The lowest BCUT2D eigenvalue weighted by Gasteiger charge is -2.29. The highest BCUT2D eigenvalue weighted by atomic mass is 16.5. The van der Waals surface area contributed by atoms with Crippen LogP contribution in [-0.2, 0) is 4.74 Å². The number of nitrogens with zero attached hydrogens (tertiary/aromatic N) is 3. The highest BCUT2D eigenvalue weighted by Gasteiger charge is 2.14. The molecule has 0 bridgehead atoms. The van der Waals surface area contributed by atoms with E-state index in [-0.39, 0.29) is 0 Å². The summed E-state index contributed by atoms with van der Waals surface area (Å²) in [6, 6.07) is 10.7. The van der Waals surface area contributed by atoms with Gasteiger partial charge in [0.25, 0.3) is 0 Å². The molecule has 1 aliphatic heterocycles. The molecule has 2 heterocycles. The molecule has 0 spiro atoms. The highest BCUT2D eigenvalue weighted by molar-refractivity contribution is 5.93. The standard InChI is InChI=1S/C20H26N6O3/c1-22-5-8-29-19-13-18(26-6-9-28-10-7-26)12-17(24-19)14-23-25-16-4-2-3-15(11-16)20(21)27/h2-4,11-14,22,25H,5-10H2,1H3,(H2,21,27)/b23-14+. The Hall–Kier alpha value is -3.17. The molecule has 9 nitrogen and oxygen atoms in total. The number of nitrogens with two attached hydrogens (primary N) is 1. The first-order valence-electron chi connectivity index (χ1n) is 9.47. The molecule has 0 unspecified atom stereocenters. The quantitative estimate of drug-likeness (QED) is 0.329. The van der Waals surface area contributed by atoms with Crippen LogP contribution in [0.5, 0.6) is 5.88 Å². The van der Waals surface area contributed by atoms with Crippen LogP contribution < -0.4 is 26.1 Å². The van der Waals surface area contributed by atoms with Crippen molar-refractivity contribution in [3.8, 4) is 5.88 Å². The molecule has 0 aliphatic carbocycles. The van der Waals surface area contributed by atoms with Gasteiger partial charge in [-0.2, -0.15) is 5.10 Å². The molecule has 1 amide bonds. The number of aromatic nitrogens is 1. The second kappa shape index (κ2) is 10.4. The third-order valence-electron chi connectivity index (χ3n) is 4.32. The molecule has 2 aromatic rings. The summed E-state index contributed by atoms with van der Waals surface area (Å²) in [4.78, 5) is 18.0. The molecule has 1 aromatic heterocycles. The van der Waals surface area contributed by atoms with Crippen molar-refractivity contribution in [2.75, 3.05) is 56.8 Å². The maximum atomic E-state index is 11.3. The molecule has 0 saturated carbocycles. The minimum Gasteiger partial charge on any atom is -0.476 e. The van der Waals surface area contributed by atoms with Gasteiger partial charge in [0.1, 0.15) is 6.61 Å². The SMILES string of the molecule is CNCCOc1cc(N2CCOCC2)cc(/C=N/Nc2cccc(C(N)=O)c2)n1. The Balaban J connectivity index is 1.75. The first-order chi connectivity index (χ1) is 14.2. The molecule has 154 valence electrons. The van der Waals surface area contributed by atoms with E-state index < -0.39 is 5.91 Å². The Morgan fingerprint density at radius 3 is 2.93 bits per heavy atom. The third kappa shape index (κ3) is 6.16. The number of pyridine rings is 1. The van der Waals surface area contributed by atoms with Gasteiger partial charge in [-0.05, 0) is 31.3 Å². The van der Waals surface area contributed by atoms with Gasteiger partial charge < -0.3 is 25.4 Å². The van der Waals surface area contributed by atoms with Crippen LogP contribution >= 0.6 is 0 Å². The molecule has 0 radical (unpaired) electrons. The van der Waals surface area contributed by atoms with E-state index in [1.807, 2.05) is 19.2 Å². The van der Waals surface area contributed by atoms with Gasteiger partial charge in [-0.3, -0.25) is 10.2 Å². The van der Waals surface area contributed by atoms with Crippen molar-refractivity contribution in [1.82, 2.24) is 10.3 Å². The zero-order valence-electron chi connectivity index (χ0n) is 16.4. The number of nitrogens with one attached hydrogen (secondary N) is 2. The van der Waals surface area contributed by atoms with Crippen molar-refractivity contribution in [3.05, 3.63) is 47.7 Å². The van der Waals surface area contributed by atoms with Gasteiger partial charge >= 0.3 is 0 Å². The van der Waals surface area contributed by atoms with E-state index in [0.717, 1.165) is 25.3 Å². The maximum absolute atomic E-state index is 11.3. The van der Waals surface area contributed by atoms with E-state index in [1.54, 1.807) is 30.5 Å². The van der Waals surface area contributed by atoms with E-state index in [1.165, 1.54) is 0 Å². The molecule has 0 atom stereocenters. The van der Waals surface area contributed by atoms with Crippen molar-refractivity contribution in [1.29, 1.82) is 0 Å². The molecule has 1 fully saturated rings. The number of carbonyl (C=O) groups excluding carboxylic acids is 1. The summed E-state index contributed by atoms with van der Waals surface area (Å²) in [5.41, 5.74) is 11.0. The number of amides is 1. The van der Waals surface area contributed by atoms with Crippen molar-refractivity contribution >= 4 is 23.5 Å². The number of hydrazone groups is 1. The number of primary amides is 1. The van der Waals surface area contributed by atoms with Crippen LogP contribution in [0.3, 0.4) is 0 Å². The normalized spacial score (nSPS) is 14.2. The number of morpholine rings is 1. The zero-order valence-corrected chi connectivity index (χ0v) is 16.4. The van der Waals surface area contributed by atoms with Gasteiger partial charge in [-0.15, -0.1) is 0 Å². The fourth-order valence-corrected chi connectivity index (χ4v) is 2.83. The molecular formula is C20H26N6O3. The number of rotatable bonds is 9. The lowest BCUT2D eigenvalue weighted by Crippen LogP contribution is -2.36. The number of carbonyl (C=O) groups is 1. The number of hydrogen-bond donors (Lipinski definition) is 3. The predicted octanol–water partition coefficient (Wildman–Crippen LogP) is 1.06. The number of anilines is 2. The summed E-state index contributed by atoms with van der Waals surface area (Å²) in [5, 5.41) is 7.28. The summed E-state index contributed by atoms with van der Waals surface area (Å²) in [6.45, 7) is 4.26.